The number of rotatable bonds is 4. The summed E-state index contributed by atoms with van der Waals surface area (Å²) in [4.78, 5) is 12.2. The fourth-order valence-corrected chi connectivity index (χ4v) is 7.66. The van der Waals surface area contributed by atoms with Crippen LogP contribution in [0, 0.1) is 28.6 Å². The minimum absolute atomic E-state index is 0.0649. The largest absolute Gasteiger partial charge is 0.461 e. The van der Waals surface area contributed by atoms with Gasteiger partial charge in [-0.15, -0.1) is 0 Å². The summed E-state index contributed by atoms with van der Waals surface area (Å²) in [6, 6.07) is 0. The van der Waals surface area contributed by atoms with E-state index < -0.39 is 37.3 Å². The van der Waals surface area contributed by atoms with Crippen molar-refractivity contribution in [3.05, 3.63) is 23.3 Å². The van der Waals surface area contributed by atoms with E-state index in [0.717, 1.165) is 44.1 Å². The zero-order chi connectivity index (χ0) is 24.3. The van der Waals surface area contributed by atoms with Crippen LogP contribution >= 0.6 is 0 Å². The molecule has 0 spiro atoms. The number of carbonyl (C=O) groups is 1. The molecule has 0 aromatic carbocycles. The normalized spacial score (nSPS) is 48.6. The van der Waals surface area contributed by atoms with Crippen LogP contribution in [0.2, 0.25) is 0 Å². The molecule has 2 saturated heterocycles. The van der Waals surface area contributed by atoms with E-state index in [1.807, 2.05) is 0 Å². The molecule has 0 bridgehead atoms. The smallest absolute Gasteiger partial charge is 0.334 e. The van der Waals surface area contributed by atoms with E-state index in [0.29, 0.717) is 25.0 Å². The number of hydrogen-bond donors (Lipinski definition) is 4. The van der Waals surface area contributed by atoms with Crippen molar-refractivity contribution in [2.75, 3.05) is 19.8 Å². The number of cyclic esters (lactones) is 1. The van der Waals surface area contributed by atoms with Crippen LogP contribution in [0.3, 0.4) is 0 Å². The van der Waals surface area contributed by atoms with Crippen molar-refractivity contribution in [1.82, 2.24) is 0 Å². The average molecular weight is 479 g/mol. The van der Waals surface area contributed by atoms with Crippen molar-refractivity contribution in [2.24, 2.45) is 28.6 Å². The predicted molar refractivity (Wildman–Crippen MR) is 121 cm³/mol. The summed E-state index contributed by atoms with van der Waals surface area (Å²) in [6.45, 7) is 4.97. The van der Waals surface area contributed by atoms with Crippen molar-refractivity contribution in [3.8, 4) is 0 Å². The van der Waals surface area contributed by atoms with E-state index in [1.54, 1.807) is 0 Å². The Bertz CT molecular complexity index is 867. The molecule has 0 unspecified atom stereocenters. The van der Waals surface area contributed by atoms with Crippen molar-refractivity contribution in [2.45, 2.75) is 83.1 Å². The van der Waals surface area contributed by atoms with Crippen LogP contribution in [-0.2, 0) is 19.0 Å². The molecule has 8 heteroatoms. The van der Waals surface area contributed by atoms with E-state index in [-0.39, 0.29) is 22.7 Å². The molecule has 3 aliphatic carbocycles. The molecule has 0 radical (unpaired) electrons. The number of aliphatic hydroxyl groups is 4. The molecule has 8 nitrogen and oxygen atoms in total. The molecule has 5 aliphatic rings. The SMILES string of the molecule is C[C@@]1(CO[C@@H]2O[C@H](CO)[C@@H](O)[C@H](O)[C@H]2O)CCC[C@@]2(C)[C@@H]3CC=C4C(=O)OC[C@H]4C=C3CC[C@H]12. The van der Waals surface area contributed by atoms with Crippen LogP contribution in [0.15, 0.2) is 23.3 Å². The van der Waals surface area contributed by atoms with Gasteiger partial charge in [-0.05, 0) is 54.8 Å². The molecule has 34 heavy (non-hydrogen) atoms. The molecule has 4 fully saturated rings. The van der Waals surface area contributed by atoms with Crippen LogP contribution in [-0.4, -0.2) is 76.9 Å². The van der Waals surface area contributed by atoms with Crippen LogP contribution in [0.5, 0.6) is 0 Å². The number of ether oxygens (including phenoxy) is 3. The van der Waals surface area contributed by atoms with Gasteiger partial charge in [0.2, 0.25) is 0 Å². The number of aliphatic hydroxyl groups excluding tert-OH is 4. The molecular formula is C26H38O8. The molecule has 190 valence electrons. The monoisotopic (exact) mass is 478 g/mol. The maximum Gasteiger partial charge on any atom is 0.334 e. The van der Waals surface area contributed by atoms with Gasteiger partial charge in [-0.2, -0.15) is 0 Å². The molecular weight excluding hydrogens is 440 g/mol. The average Bonchev–Trinajstić information content (AvgIpc) is 3.03. The van der Waals surface area contributed by atoms with Gasteiger partial charge in [-0.3, -0.25) is 0 Å². The number of carbonyl (C=O) groups excluding carboxylic acids is 1. The fraction of sp³-hybridized carbons (Fsp3) is 0.808. The predicted octanol–water partition coefficient (Wildman–Crippen LogP) is 1.46. The maximum absolute atomic E-state index is 12.2. The van der Waals surface area contributed by atoms with Crippen LogP contribution in [0.25, 0.3) is 0 Å². The molecule has 0 amide bonds. The minimum atomic E-state index is -1.44. The van der Waals surface area contributed by atoms with Crippen LogP contribution in [0.4, 0.5) is 0 Å². The first kappa shape index (κ1) is 24.4. The van der Waals surface area contributed by atoms with Gasteiger partial charge in [0.15, 0.2) is 6.29 Å². The number of fused-ring (bicyclic) bond motifs is 4. The Morgan fingerprint density at radius 2 is 1.94 bits per heavy atom. The molecule has 4 N–H and O–H groups in total. The van der Waals surface area contributed by atoms with Gasteiger partial charge >= 0.3 is 5.97 Å². The number of allylic oxidation sites excluding steroid dienone is 2. The Morgan fingerprint density at radius 1 is 1.15 bits per heavy atom. The third-order valence-electron chi connectivity index (χ3n) is 9.51. The first-order valence-electron chi connectivity index (χ1n) is 12.7. The Morgan fingerprint density at radius 3 is 2.71 bits per heavy atom. The van der Waals surface area contributed by atoms with Crippen molar-refractivity contribution in [3.63, 3.8) is 0 Å². The molecule has 5 rings (SSSR count). The van der Waals surface area contributed by atoms with E-state index in [2.05, 4.69) is 26.0 Å². The lowest BCUT2D eigenvalue weighted by atomic mass is 9.47. The highest BCUT2D eigenvalue weighted by atomic mass is 16.7. The molecule has 0 aromatic rings. The fourth-order valence-electron chi connectivity index (χ4n) is 7.66. The van der Waals surface area contributed by atoms with Gasteiger partial charge in [0.05, 0.1) is 13.2 Å². The quantitative estimate of drug-likeness (QED) is 0.353. The standard InChI is InChI=1S/C26H38O8/c1-25(13-33-24-22(30)21(29)20(28)18(11-27)34-24)8-3-9-26(2)17-6-5-16-15(12-32-23(16)31)10-14(17)4-7-19(25)26/h5,10,15,17-22,24,27-30H,3-4,6-9,11-13H2,1-2H3/t15-,17-,18-,19-,20-,21+,22-,24-,25+,26+/m1/s1. The first-order valence-corrected chi connectivity index (χ1v) is 12.7. The lowest BCUT2D eigenvalue weighted by Gasteiger charge is -2.59. The summed E-state index contributed by atoms with van der Waals surface area (Å²) in [5.41, 5.74) is 2.18. The van der Waals surface area contributed by atoms with E-state index >= 15 is 0 Å². The Hall–Kier alpha value is -1.29. The highest BCUT2D eigenvalue weighted by Crippen LogP contribution is 2.62. The second kappa shape index (κ2) is 8.98. The maximum atomic E-state index is 12.2. The topological polar surface area (TPSA) is 126 Å². The lowest BCUT2D eigenvalue weighted by Crippen LogP contribution is -2.60. The van der Waals surface area contributed by atoms with Gasteiger partial charge in [-0.25, -0.2) is 4.79 Å². The lowest BCUT2D eigenvalue weighted by molar-refractivity contribution is -0.309. The number of hydrogen-bond acceptors (Lipinski definition) is 8. The molecule has 0 aromatic heterocycles. The molecule has 2 saturated carbocycles. The number of esters is 1. The van der Waals surface area contributed by atoms with Crippen molar-refractivity contribution in [1.29, 1.82) is 0 Å². The minimum Gasteiger partial charge on any atom is -0.461 e. The molecule has 2 heterocycles. The summed E-state index contributed by atoms with van der Waals surface area (Å²) in [7, 11) is 0. The van der Waals surface area contributed by atoms with E-state index in [4.69, 9.17) is 14.2 Å². The second-order valence-corrected chi connectivity index (χ2v) is 11.5. The van der Waals surface area contributed by atoms with Crippen molar-refractivity contribution >= 4 is 5.97 Å². The highest BCUT2D eigenvalue weighted by Gasteiger charge is 2.56. The van der Waals surface area contributed by atoms with E-state index in [9.17, 15) is 25.2 Å². The van der Waals surface area contributed by atoms with Crippen LogP contribution < -0.4 is 0 Å². The van der Waals surface area contributed by atoms with E-state index in [1.165, 1.54) is 5.57 Å². The van der Waals surface area contributed by atoms with Gasteiger partial charge in [-0.1, -0.05) is 38.0 Å². The van der Waals surface area contributed by atoms with Gasteiger partial charge in [0.1, 0.15) is 31.0 Å². The Labute approximate surface area is 200 Å². The van der Waals surface area contributed by atoms with Gasteiger partial charge in [0.25, 0.3) is 0 Å². The second-order valence-electron chi connectivity index (χ2n) is 11.5. The van der Waals surface area contributed by atoms with Gasteiger partial charge < -0.3 is 34.6 Å². The summed E-state index contributed by atoms with van der Waals surface area (Å²) >= 11 is 0. The van der Waals surface area contributed by atoms with Gasteiger partial charge in [0, 0.05) is 11.5 Å². The third kappa shape index (κ3) is 3.87. The zero-order valence-electron chi connectivity index (χ0n) is 20.1. The Balaban J connectivity index is 1.34. The first-order chi connectivity index (χ1) is 16.2. The molecule has 2 aliphatic heterocycles. The summed E-state index contributed by atoms with van der Waals surface area (Å²) in [5, 5.41) is 40.1. The van der Waals surface area contributed by atoms with Crippen molar-refractivity contribution < 1.29 is 39.4 Å². The molecule has 10 atom stereocenters. The van der Waals surface area contributed by atoms with Crippen LogP contribution in [0.1, 0.15) is 52.4 Å². The Kier molecular flexibility index (Phi) is 6.45. The zero-order valence-corrected chi connectivity index (χ0v) is 20.1. The summed E-state index contributed by atoms with van der Waals surface area (Å²) in [6.07, 6.45) is 4.17. The summed E-state index contributed by atoms with van der Waals surface area (Å²) in [5.74, 6) is 0.675. The third-order valence-corrected chi connectivity index (χ3v) is 9.51. The summed E-state index contributed by atoms with van der Waals surface area (Å²) < 4.78 is 16.9. The highest BCUT2D eigenvalue weighted by molar-refractivity contribution is 5.91.